The van der Waals surface area contributed by atoms with Gasteiger partial charge in [-0.05, 0) is 0 Å². The first-order chi connectivity index (χ1) is 12.2. The molecule has 8 heteroatoms. The Kier molecular flexibility index (Phi) is 3.67. The van der Waals surface area contributed by atoms with Gasteiger partial charge in [-0.1, -0.05) is 35.9 Å². The number of benzene rings is 1. The molecular weight excluding hydrogens is 340 g/mol. The predicted molar refractivity (Wildman–Crippen MR) is 93.4 cm³/mol. The van der Waals surface area contributed by atoms with Crippen molar-refractivity contribution >= 4 is 39.9 Å². The molecule has 122 valence electrons. The first kappa shape index (κ1) is 15.3. The molecule has 25 heavy (non-hydrogen) atoms. The summed E-state index contributed by atoms with van der Waals surface area (Å²) in [6, 6.07) is 10.3. The maximum Gasteiger partial charge on any atom is 0.331 e. The van der Waals surface area contributed by atoms with E-state index in [4.69, 9.17) is 11.6 Å². The maximum atomic E-state index is 13.0. The molecule has 1 saturated heterocycles. The van der Waals surface area contributed by atoms with Crippen molar-refractivity contribution in [3.63, 3.8) is 0 Å². The van der Waals surface area contributed by atoms with Crippen molar-refractivity contribution in [2.24, 2.45) is 0 Å². The molecule has 1 aliphatic heterocycles. The lowest BCUT2D eigenvalue weighted by Gasteiger charge is -2.20. The van der Waals surface area contributed by atoms with Gasteiger partial charge < -0.3 is 0 Å². The van der Waals surface area contributed by atoms with Gasteiger partial charge in [-0.3, -0.25) is 14.8 Å². The van der Waals surface area contributed by atoms with Crippen LogP contribution in [0.2, 0.25) is 5.02 Å². The Hall–Kier alpha value is -3.24. The highest BCUT2D eigenvalue weighted by molar-refractivity contribution is 6.30. The summed E-state index contributed by atoms with van der Waals surface area (Å²) in [5, 5.41) is 19.4. The van der Waals surface area contributed by atoms with Crippen molar-refractivity contribution in [2.75, 3.05) is 16.3 Å². The van der Waals surface area contributed by atoms with Crippen LogP contribution >= 0.6 is 11.6 Å². The minimum absolute atomic E-state index is 0.174. The molecule has 2 aromatic heterocycles. The van der Waals surface area contributed by atoms with E-state index in [2.05, 4.69) is 21.3 Å². The number of rotatable bonds is 2. The van der Waals surface area contributed by atoms with E-state index in [0.717, 1.165) is 10.8 Å². The molecule has 3 heterocycles. The number of hydrogen-bond acceptors (Lipinski definition) is 5. The van der Waals surface area contributed by atoms with Crippen molar-refractivity contribution in [1.82, 2.24) is 15.2 Å². The van der Waals surface area contributed by atoms with Crippen LogP contribution in [0.3, 0.4) is 0 Å². The molecule has 1 atom stereocenters. The minimum atomic E-state index is -0.666. The molecule has 0 spiro atoms. The molecule has 4 rings (SSSR count). The second-order valence-corrected chi connectivity index (χ2v) is 5.96. The Morgan fingerprint density at radius 2 is 2.08 bits per heavy atom. The van der Waals surface area contributed by atoms with Gasteiger partial charge in [0.2, 0.25) is 0 Å². The Labute approximate surface area is 148 Å². The highest BCUT2D eigenvalue weighted by Crippen LogP contribution is 2.32. The van der Waals surface area contributed by atoms with Crippen molar-refractivity contribution in [3.05, 3.63) is 53.9 Å². The summed E-state index contributed by atoms with van der Waals surface area (Å²) in [5.41, 5.74) is 0.590. The Morgan fingerprint density at radius 1 is 1.24 bits per heavy atom. The highest BCUT2D eigenvalue weighted by Gasteiger charge is 2.40. The van der Waals surface area contributed by atoms with Crippen molar-refractivity contribution < 1.29 is 4.79 Å². The highest BCUT2D eigenvalue weighted by atomic mass is 35.5. The van der Waals surface area contributed by atoms with Gasteiger partial charge in [0.25, 0.3) is 0 Å². The number of urea groups is 1. The normalized spacial score (nSPS) is 17.1. The first-order valence-electron chi connectivity index (χ1n) is 7.50. The van der Waals surface area contributed by atoms with Crippen LogP contribution in [-0.2, 0) is 0 Å². The van der Waals surface area contributed by atoms with Gasteiger partial charge in [0.05, 0.1) is 35.7 Å². The van der Waals surface area contributed by atoms with Crippen LogP contribution in [0.1, 0.15) is 0 Å². The summed E-state index contributed by atoms with van der Waals surface area (Å²) in [5.74, 6) is 0.313. The number of halogens is 1. The fraction of sp³-hybridized carbons (Fsp3) is 0.118. The van der Waals surface area contributed by atoms with Gasteiger partial charge in [-0.15, -0.1) is 5.10 Å². The van der Waals surface area contributed by atoms with Gasteiger partial charge in [0.1, 0.15) is 6.04 Å². The van der Waals surface area contributed by atoms with Crippen LogP contribution in [0.25, 0.3) is 10.8 Å². The molecule has 0 saturated carbocycles. The lowest BCUT2D eigenvalue weighted by molar-refractivity contribution is 0.255. The first-order valence-corrected chi connectivity index (χ1v) is 7.88. The predicted octanol–water partition coefficient (Wildman–Crippen LogP) is 3.02. The molecule has 3 aromatic rings. The maximum absolute atomic E-state index is 13.0. The lowest BCUT2D eigenvalue weighted by atomic mass is 10.1. The molecule has 7 nitrogen and oxygen atoms in total. The van der Waals surface area contributed by atoms with Crippen LogP contribution in [0.5, 0.6) is 0 Å². The van der Waals surface area contributed by atoms with E-state index in [-0.39, 0.29) is 12.6 Å². The number of nitrogens with zero attached hydrogens (tertiary/aromatic N) is 6. The Bertz CT molecular complexity index is 1010. The number of carbonyl (C=O) groups excluding carboxylic acids is 1. The van der Waals surface area contributed by atoms with Crippen LogP contribution in [0.15, 0.2) is 48.9 Å². The van der Waals surface area contributed by atoms with Crippen LogP contribution < -0.4 is 9.80 Å². The third-order valence-corrected chi connectivity index (χ3v) is 4.25. The Morgan fingerprint density at radius 3 is 2.88 bits per heavy atom. The summed E-state index contributed by atoms with van der Waals surface area (Å²) in [4.78, 5) is 20.0. The number of hydrogen-bond donors (Lipinski definition) is 0. The SMILES string of the molecule is N#C[C@@H]1CN(c2cc(Cl)cnn2)C(=O)N1c1cncc2ccccc12. The molecule has 0 aliphatic carbocycles. The summed E-state index contributed by atoms with van der Waals surface area (Å²) in [6.07, 6.45) is 4.71. The third-order valence-electron chi connectivity index (χ3n) is 4.04. The summed E-state index contributed by atoms with van der Waals surface area (Å²) in [7, 11) is 0. The minimum Gasteiger partial charge on any atom is -0.273 e. The smallest absolute Gasteiger partial charge is 0.273 e. The number of aromatic nitrogens is 3. The molecule has 2 amide bonds. The second-order valence-electron chi connectivity index (χ2n) is 5.52. The third kappa shape index (κ3) is 2.53. The molecule has 0 bridgehead atoms. The van der Waals surface area contributed by atoms with E-state index < -0.39 is 6.04 Å². The summed E-state index contributed by atoms with van der Waals surface area (Å²) >= 11 is 5.94. The molecule has 0 unspecified atom stereocenters. The standard InChI is InChI=1S/C17H11ClN6O/c18-12-5-16(22-21-8-12)23-10-13(6-19)24(17(23)25)15-9-20-7-11-3-1-2-4-14(11)15/h1-5,7-9,13H,10H2/t13-/m1/s1. The van der Waals surface area contributed by atoms with Gasteiger partial charge in [-0.25, -0.2) is 4.79 Å². The number of nitriles is 1. The van der Waals surface area contributed by atoms with Crippen molar-refractivity contribution in [3.8, 4) is 6.07 Å². The number of fused-ring (bicyclic) bond motifs is 1. The number of amides is 2. The van der Waals surface area contributed by atoms with E-state index >= 15 is 0 Å². The van der Waals surface area contributed by atoms with E-state index in [9.17, 15) is 10.1 Å². The summed E-state index contributed by atoms with van der Waals surface area (Å²) < 4.78 is 0. The van der Waals surface area contributed by atoms with Crippen LogP contribution in [0, 0.1) is 11.3 Å². The zero-order valence-electron chi connectivity index (χ0n) is 12.9. The fourth-order valence-corrected chi connectivity index (χ4v) is 3.06. The van der Waals surface area contributed by atoms with E-state index in [1.807, 2.05) is 24.3 Å². The van der Waals surface area contributed by atoms with E-state index in [1.165, 1.54) is 16.0 Å². The lowest BCUT2D eigenvalue weighted by Crippen LogP contribution is -2.35. The summed E-state index contributed by atoms with van der Waals surface area (Å²) in [6.45, 7) is 0.174. The molecule has 1 fully saturated rings. The van der Waals surface area contributed by atoms with Gasteiger partial charge in [0.15, 0.2) is 5.82 Å². The zero-order valence-corrected chi connectivity index (χ0v) is 13.6. The Balaban J connectivity index is 1.81. The zero-order chi connectivity index (χ0) is 17.4. The molecular formula is C17H11ClN6O. The van der Waals surface area contributed by atoms with Gasteiger partial charge >= 0.3 is 6.03 Å². The molecule has 1 aliphatic rings. The van der Waals surface area contributed by atoms with E-state index in [0.29, 0.717) is 16.5 Å². The quantitative estimate of drug-likeness (QED) is 0.709. The van der Waals surface area contributed by atoms with Gasteiger partial charge in [-0.2, -0.15) is 10.4 Å². The molecule has 1 aromatic carbocycles. The molecule has 0 radical (unpaired) electrons. The number of pyridine rings is 1. The molecule has 0 N–H and O–H groups in total. The van der Waals surface area contributed by atoms with Crippen LogP contribution in [0.4, 0.5) is 16.3 Å². The fourth-order valence-electron chi connectivity index (χ4n) is 2.91. The second kappa shape index (κ2) is 6.00. The van der Waals surface area contributed by atoms with Crippen LogP contribution in [-0.4, -0.2) is 33.8 Å². The van der Waals surface area contributed by atoms with Crippen molar-refractivity contribution in [1.29, 1.82) is 5.26 Å². The topological polar surface area (TPSA) is 86.0 Å². The van der Waals surface area contributed by atoms with E-state index in [1.54, 1.807) is 18.5 Å². The number of anilines is 2. The van der Waals surface area contributed by atoms with Crippen molar-refractivity contribution in [2.45, 2.75) is 6.04 Å². The largest absolute Gasteiger partial charge is 0.331 e. The monoisotopic (exact) mass is 350 g/mol. The average Bonchev–Trinajstić information content (AvgIpc) is 2.97. The number of carbonyl (C=O) groups is 1. The average molecular weight is 351 g/mol. The van der Waals surface area contributed by atoms with Gasteiger partial charge in [0, 0.05) is 23.0 Å².